The maximum atomic E-state index is 12.7. The Bertz CT molecular complexity index is 643. The second-order valence-corrected chi connectivity index (χ2v) is 7.64. The average molecular weight is 326 g/mol. The standard InChI is InChI=1S/C15H22N2O4S/c1-11(2)16-15(18)13-5-4-6-14(9-13)22(19,20)17-7-8-21-12(3)10-17/h4-6,9,11-12H,7-8,10H2,1-3H3,(H,16,18). The van der Waals surface area contributed by atoms with Crippen LogP contribution in [0.3, 0.4) is 0 Å². The first kappa shape index (κ1) is 16.9. The molecule has 1 aromatic rings. The molecule has 6 nitrogen and oxygen atoms in total. The van der Waals surface area contributed by atoms with Crippen molar-refractivity contribution in [3.63, 3.8) is 0 Å². The lowest BCUT2D eigenvalue weighted by Crippen LogP contribution is -2.44. The number of rotatable bonds is 4. The van der Waals surface area contributed by atoms with Crippen LogP contribution in [0.25, 0.3) is 0 Å². The summed E-state index contributed by atoms with van der Waals surface area (Å²) >= 11 is 0. The predicted octanol–water partition coefficient (Wildman–Crippen LogP) is 1.23. The number of nitrogens with one attached hydrogen (secondary N) is 1. The lowest BCUT2D eigenvalue weighted by atomic mass is 10.2. The molecule has 1 aliphatic rings. The molecule has 7 heteroatoms. The van der Waals surface area contributed by atoms with Gasteiger partial charge in [0.2, 0.25) is 10.0 Å². The summed E-state index contributed by atoms with van der Waals surface area (Å²) in [5.41, 5.74) is 0.344. The third-order valence-electron chi connectivity index (χ3n) is 3.36. The Balaban J connectivity index is 2.26. The average Bonchev–Trinajstić information content (AvgIpc) is 2.46. The largest absolute Gasteiger partial charge is 0.376 e. The highest BCUT2D eigenvalue weighted by atomic mass is 32.2. The van der Waals surface area contributed by atoms with Gasteiger partial charge in [-0.2, -0.15) is 4.31 Å². The minimum absolute atomic E-state index is 0.00661. The lowest BCUT2D eigenvalue weighted by molar-refractivity contribution is 0.0102. The fraction of sp³-hybridized carbons (Fsp3) is 0.533. The van der Waals surface area contributed by atoms with Gasteiger partial charge in [0.25, 0.3) is 5.91 Å². The Kier molecular flexibility index (Phi) is 5.20. The van der Waals surface area contributed by atoms with E-state index in [-0.39, 0.29) is 22.9 Å². The van der Waals surface area contributed by atoms with Crippen molar-refractivity contribution in [1.29, 1.82) is 0 Å². The zero-order valence-electron chi connectivity index (χ0n) is 13.1. The molecular weight excluding hydrogens is 304 g/mol. The summed E-state index contributed by atoms with van der Waals surface area (Å²) < 4.78 is 32.1. The number of hydrogen-bond donors (Lipinski definition) is 1. The van der Waals surface area contributed by atoms with Crippen LogP contribution < -0.4 is 5.32 Å². The number of nitrogens with zero attached hydrogens (tertiary/aromatic N) is 1. The molecule has 0 aromatic heterocycles. The topological polar surface area (TPSA) is 75.7 Å². The number of carbonyl (C=O) groups is 1. The van der Waals surface area contributed by atoms with Crippen molar-refractivity contribution in [2.75, 3.05) is 19.7 Å². The van der Waals surface area contributed by atoms with Crippen LogP contribution in [0.1, 0.15) is 31.1 Å². The molecule has 0 saturated carbocycles. The molecule has 0 spiro atoms. The number of carbonyl (C=O) groups excluding carboxylic acids is 1. The Labute approximate surface area is 131 Å². The fourth-order valence-electron chi connectivity index (χ4n) is 2.30. The van der Waals surface area contributed by atoms with Gasteiger partial charge in [0.05, 0.1) is 17.6 Å². The van der Waals surface area contributed by atoms with Crippen molar-refractivity contribution < 1.29 is 17.9 Å². The van der Waals surface area contributed by atoms with E-state index >= 15 is 0 Å². The minimum Gasteiger partial charge on any atom is -0.376 e. The van der Waals surface area contributed by atoms with E-state index in [0.29, 0.717) is 25.3 Å². The van der Waals surface area contributed by atoms with Crippen LogP contribution in [0.5, 0.6) is 0 Å². The molecule has 2 rings (SSSR count). The molecule has 1 saturated heterocycles. The number of ether oxygens (including phenoxy) is 1. The summed E-state index contributed by atoms with van der Waals surface area (Å²) in [6, 6.07) is 6.13. The normalized spacial score (nSPS) is 20.1. The molecule has 0 radical (unpaired) electrons. The highest BCUT2D eigenvalue weighted by Gasteiger charge is 2.29. The van der Waals surface area contributed by atoms with E-state index in [1.54, 1.807) is 12.1 Å². The van der Waals surface area contributed by atoms with Crippen molar-refractivity contribution in [2.45, 2.75) is 37.8 Å². The summed E-state index contributed by atoms with van der Waals surface area (Å²) in [4.78, 5) is 12.2. The molecule has 0 aliphatic carbocycles. The molecule has 1 heterocycles. The SMILES string of the molecule is CC(C)NC(=O)c1cccc(S(=O)(=O)N2CCOC(C)C2)c1. The highest BCUT2D eigenvalue weighted by molar-refractivity contribution is 7.89. The van der Waals surface area contributed by atoms with Gasteiger partial charge in [-0.3, -0.25) is 4.79 Å². The van der Waals surface area contributed by atoms with E-state index in [4.69, 9.17) is 4.74 Å². The molecule has 1 unspecified atom stereocenters. The van der Waals surface area contributed by atoms with Gasteiger partial charge in [-0.1, -0.05) is 6.07 Å². The third-order valence-corrected chi connectivity index (χ3v) is 5.22. The van der Waals surface area contributed by atoms with E-state index in [1.807, 2.05) is 20.8 Å². The minimum atomic E-state index is -3.61. The summed E-state index contributed by atoms with van der Waals surface area (Å²) in [6.45, 7) is 6.59. The summed E-state index contributed by atoms with van der Waals surface area (Å²) in [7, 11) is -3.61. The number of benzene rings is 1. The lowest BCUT2D eigenvalue weighted by Gasteiger charge is -2.30. The summed E-state index contributed by atoms with van der Waals surface area (Å²) in [5.74, 6) is -0.276. The first-order chi connectivity index (χ1) is 10.3. The maximum absolute atomic E-state index is 12.7. The van der Waals surface area contributed by atoms with Gasteiger partial charge in [0.1, 0.15) is 0 Å². The van der Waals surface area contributed by atoms with Crippen LogP contribution in [0.15, 0.2) is 29.2 Å². The molecule has 122 valence electrons. The van der Waals surface area contributed by atoms with Crippen molar-refractivity contribution in [2.24, 2.45) is 0 Å². The first-order valence-corrected chi connectivity index (χ1v) is 8.77. The van der Waals surface area contributed by atoms with Crippen LogP contribution in [-0.2, 0) is 14.8 Å². The Morgan fingerprint density at radius 3 is 2.77 bits per heavy atom. The number of amides is 1. The van der Waals surface area contributed by atoms with Crippen LogP contribution in [0.4, 0.5) is 0 Å². The van der Waals surface area contributed by atoms with E-state index < -0.39 is 10.0 Å². The third kappa shape index (κ3) is 3.85. The zero-order valence-corrected chi connectivity index (χ0v) is 13.9. The number of hydrogen-bond acceptors (Lipinski definition) is 4. The second kappa shape index (κ2) is 6.76. The van der Waals surface area contributed by atoms with Crippen LogP contribution in [0.2, 0.25) is 0 Å². The van der Waals surface area contributed by atoms with Crippen LogP contribution in [0, 0.1) is 0 Å². The van der Waals surface area contributed by atoms with Gasteiger partial charge in [0.15, 0.2) is 0 Å². The second-order valence-electron chi connectivity index (χ2n) is 5.70. The molecule has 0 bridgehead atoms. The van der Waals surface area contributed by atoms with E-state index in [2.05, 4.69) is 5.32 Å². The van der Waals surface area contributed by atoms with Crippen LogP contribution in [-0.4, -0.2) is 50.5 Å². The number of morpholine rings is 1. The smallest absolute Gasteiger partial charge is 0.251 e. The van der Waals surface area contributed by atoms with E-state index in [1.165, 1.54) is 16.4 Å². The first-order valence-electron chi connectivity index (χ1n) is 7.33. The molecule has 1 aromatic carbocycles. The molecular formula is C15H22N2O4S. The molecule has 1 aliphatic heterocycles. The highest BCUT2D eigenvalue weighted by Crippen LogP contribution is 2.20. The van der Waals surface area contributed by atoms with E-state index in [9.17, 15) is 13.2 Å². The Morgan fingerprint density at radius 2 is 2.14 bits per heavy atom. The Hall–Kier alpha value is -1.44. The van der Waals surface area contributed by atoms with Crippen molar-refractivity contribution in [1.82, 2.24) is 9.62 Å². The van der Waals surface area contributed by atoms with E-state index in [0.717, 1.165) is 0 Å². The van der Waals surface area contributed by atoms with Gasteiger partial charge in [-0.15, -0.1) is 0 Å². The maximum Gasteiger partial charge on any atom is 0.251 e. The molecule has 22 heavy (non-hydrogen) atoms. The van der Waals surface area contributed by atoms with Crippen molar-refractivity contribution >= 4 is 15.9 Å². The number of sulfonamides is 1. The van der Waals surface area contributed by atoms with Gasteiger partial charge < -0.3 is 10.1 Å². The van der Waals surface area contributed by atoms with Gasteiger partial charge >= 0.3 is 0 Å². The summed E-state index contributed by atoms with van der Waals surface area (Å²) in [5, 5.41) is 2.76. The predicted molar refractivity (Wildman–Crippen MR) is 83.2 cm³/mol. The monoisotopic (exact) mass is 326 g/mol. The quantitative estimate of drug-likeness (QED) is 0.903. The molecule has 1 N–H and O–H groups in total. The molecule has 1 atom stereocenters. The summed E-state index contributed by atoms with van der Waals surface area (Å²) in [6.07, 6.45) is -0.129. The van der Waals surface area contributed by atoms with Crippen molar-refractivity contribution in [3.8, 4) is 0 Å². The molecule has 1 fully saturated rings. The Morgan fingerprint density at radius 1 is 1.41 bits per heavy atom. The van der Waals surface area contributed by atoms with Gasteiger partial charge in [0, 0.05) is 24.7 Å². The zero-order chi connectivity index (χ0) is 16.3. The van der Waals surface area contributed by atoms with Crippen molar-refractivity contribution in [3.05, 3.63) is 29.8 Å². The fourth-order valence-corrected chi connectivity index (χ4v) is 3.84. The van der Waals surface area contributed by atoms with Gasteiger partial charge in [-0.05, 0) is 39.0 Å². The van der Waals surface area contributed by atoms with Gasteiger partial charge in [-0.25, -0.2) is 8.42 Å². The van der Waals surface area contributed by atoms with Crippen LogP contribution >= 0.6 is 0 Å². The molecule has 1 amide bonds.